The number of benzene rings is 1. The molecule has 0 fully saturated rings. The molecule has 0 unspecified atom stereocenters. The standard InChI is InChI=1S/C16H17N3/c1-11-3-5-14(6-4-11)16-12(2)19-8-7-13(10-17)9-15(19)18-16/h3-9H,10,17H2,1-2H3. The van der Waals surface area contributed by atoms with E-state index in [1.807, 2.05) is 18.3 Å². The van der Waals surface area contributed by atoms with Crippen LogP contribution < -0.4 is 5.73 Å². The van der Waals surface area contributed by atoms with E-state index in [0.717, 1.165) is 28.2 Å². The Labute approximate surface area is 112 Å². The Kier molecular flexibility index (Phi) is 2.84. The topological polar surface area (TPSA) is 43.3 Å². The lowest BCUT2D eigenvalue weighted by atomic mass is 10.1. The van der Waals surface area contributed by atoms with Gasteiger partial charge in [0.15, 0.2) is 0 Å². The molecule has 2 heterocycles. The Balaban J connectivity index is 2.19. The fourth-order valence-corrected chi connectivity index (χ4v) is 2.32. The Hall–Kier alpha value is -2.13. The summed E-state index contributed by atoms with van der Waals surface area (Å²) >= 11 is 0. The molecule has 3 rings (SSSR count). The van der Waals surface area contributed by atoms with Crippen LogP contribution in [0.4, 0.5) is 0 Å². The SMILES string of the molecule is Cc1ccc(-c2nc3cc(CN)ccn3c2C)cc1. The van der Waals surface area contributed by atoms with Crippen molar-refractivity contribution >= 4 is 5.65 Å². The quantitative estimate of drug-likeness (QED) is 0.760. The highest BCUT2D eigenvalue weighted by molar-refractivity contribution is 5.66. The van der Waals surface area contributed by atoms with Gasteiger partial charge in [0.25, 0.3) is 0 Å². The summed E-state index contributed by atoms with van der Waals surface area (Å²) in [5, 5.41) is 0. The highest BCUT2D eigenvalue weighted by Gasteiger charge is 2.10. The monoisotopic (exact) mass is 251 g/mol. The lowest BCUT2D eigenvalue weighted by Gasteiger charge is -2.01. The minimum atomic E-state index is 0.544. The van der Waals surface area contributed by atoms with E-state index in [-0.39, 0.29) is 0 Å². The highest BCUT2D eigenvalue weighted by Crippen LogP contribution is 2.24. The van der Waals surface area contributed by atoms with Crippen molar-refractivity contribution in [2.24, 2.45) is 5.73 Å². The first-order chi connectivity index (χ1) is 9.19. The van der Waals surface area contributed by atoms with Crippen molar-refractivity contribution in [2.45, 2.75) is 20.4 Å². The summed E-state index contributed by atoms with van der Waals surface area (Å²) < 4.78 is 2.11. The van der Waals surface area contributed by atoms with Gasteiger partial charge in [0, 0.05) is 24.0 Å². The van der Waals surface area contributed by atoms with Gasteiger partial charge in [-0.25, -0.2) is 4.98 Å². The van der Waals surface area contributed by atoms with E-state index in [2.05, 4.69) is 42.5 Å². The summed E-state index contributed by atoms with van der Waals surface area (Å²) in [4.78, 5) is 4.73. The summed E-state index contributed by atoms with van der Waals surface area (Å²) in [6, 6.07) is 12.6. The van der Waals surface area contributed by atoms with Crippen LogP contribution in [0.3, 0.4) is 0 Å². The van der Waals surface area contributed by atoms with Gasteiger partial charge in [0.1, 0.15) is 5.65 Å². The largest absolute Gasteiger partial charge is 0.326 e. The van der Waals surface area contributed by atoms with Crippen LogP contribution in [-0.2, 0) is 6.54 Å². The van der Waals surface area contributed by atoms with Crippen LogP contribution in [0.15, 0.2) is 42.6 Å². The second-order valence-corrected chi connectivity index (χ2v) is 4.88. The van der Waals surface area contributed by atoms with E-state index in [1.54, 1.807) is 0 Å². The number of aromatic nitrogens is 2. The molecule has 96 valence electrons. The van der Waals surface area contributed by atoms with Crippen LogP contribution >= 0.6 is 0 Å². The molecule has 3 heteroatoms. The molecule has 0 radical (unpaired) electrons. The minimum absolute atomic E-state index is 0.544. The lowest BCUT2D eigenvalue weighted by Crippen LogP contribution is -1.97. The van der Waals surface area contributed by atoms with Crippen molar-refractivity contribution in [3.8, 4) is 11.3 Å². The number of hydrogen-bond donors (Lipinski definition) is 1. The van der Waals surface area contributed by atoms with Gasteiger partial charge in [0.05, 0.1) is 5.69 Å². The third kappa shape index (κ3) is 2.02. The molecule has 0 amide bonds. The van der Waals surface area contributed by atoms with E-state index in [4.69, 9.17) is 10.7 Å². The van der Waals surface area contributed by atoms with Gasteiger partial charge in [-0.3, -0.25) is 0 Å². The van der Waals surface area contributed by atoms with Gasteiger partial charge >= 0.3 is 0 Å². The molecule has 1 aromatic carbocycles. The van der Waals surface area contributed by atoms with Crippen molar-refractivity contribution in [1.82, 2.24) is 9.38 Å². The van der Waals surface area contributed by atoms with Gasteiger partial charge in [0.2, 0.25) is 0 Å². The van der Waals surface area contributed by atoms with Crippen molar-refractivity contribution in [3.63, 3.8) is 0 Å². The Bertz CT molecular complexity index is 724. The van der Waals surface area contributed by atoms with Gasteiger partial charge in [-0.15, -0.1) is 0 Å². The predicted octanol–water partition coefficient (Wildman–Crippen LogP) is 3.08. The highest BCUT2D eigenvalue weighted by atomic mass is 15.0. The van der Waals surface area contributed by atoms with Crippen LogP contribution in [0.1, 0.15) is 16.8 Å². The third-order valence-corrected chi connectivity index (χ3v) is 3.49. The van der Waals surface area contributed by atoms with Crippen molar-refractivity contribution in [2.75, 3.05) is 0 Å². The molecule has 2 N–H and O–H groups in total. The summed E-state index contributed by atoms with van der Waals surface area (Å²) in [7, 11) is 0. The number of nitrogens with zero attached hydrogens (tertiary/aromatic N) is 2. The molecule has 0 saturated heterocycles. The first-order valence-corrected chi connectivity index (χ1v) is 6.44. The predicted molar refractivity (Wildman–Crippen MR) is 78.0 cm³/mol. The summed E-state index contributed by atoms with van der Waals surface area (Å²) in [6.45, 7) is 4.73. The van der Waals surface area contributed by atoms with E-state index in [0.29, 0.717) is 6.54 Å². The normalized spacial score (nSPS) is 11.1. The smallest absolute Gasteiger partial charge is 0.137 e. The fraction of sp³-hybridized carbons (Fsp3) is 0.188. The molecule has 0 spiro atoms. The molecule has 0 saturated carbocycles. The van der Waals surface area contributed by atoms with Crippen molar-refractivity contribution < 1.29 is 0 Å². The maximum absolute atomic E-state index is 5.68. The number of pyridine rings is 1. The zero-order chi connectivity index (χ0) is 13.4. The zero-order valence-corrected chi connectivity index (χ0v) is 11.2. The van der Waals surface area contributed by atoms with Gasteiger partial charge < -0.3 is 10.1 Å². The van der Waals surface area contributed by atoms with Crippen molar-refractivity contribution in [1.29, 1.82) is 0 Å². The molecule has 0 bridgehead atoms. The Morgan fingerprint density at radius 2 is 1.84 bits per heavy atom. The average Bonchev–Trinajstić information content (AvgIpc) is 2.76. The summed E-state index contributed by atoms with van der Waals surface area (Å²) in [6.07, 6.45) is 2.04. The Morgan fingerprint density at radius 3 is 2.53 bits per heavy atom. The maximum Gasteiger partial charge on any atom is 0.137 e. The fourth-order valence-electron chi connectivity index (χ4n) is 2.32. The first kappa shape index (κ1) is 11.9. The molecule has 3 aromatic rings. The van der Waals surface area contributed by atoms with Gasteiger partial charge in [-0.1, -0.05) is 29.8 Å². The van der Waals surface area contributed by atoms with E-state index in [9.17, 15) is 0 Å². The zero-order valence-electron chi connectivity index (χ0n) is 11.2. The second-order valence-electron chi connectivity index (χ2n) is 4.88. The second kappa shape index (κ2) is 4.52. The van der Waals surface area contributed by atoms with Crippen LogP contribution in [0.5, 0.6) is 0 Å². The summed E-state index contributed by atoms with van der Waals surface area (Å²) in [5.74, 6) is 0. The number of imidazole rings is 1. The Morgan fingerprint density at radius 1 is 1.11 bits per heavy atom. The molecule has 19 heavy (non-hydrogen) atoms. The average molecular weight is 251 g/mol. The third-order valence-electron chi connectivity index (χ3n) is 3.49. The number of aryl methyl sites for hydroxylation is 2. The molecule has 0 aliphatic rings. The minimum Gasteiger partial charge on any atom is -0.326 e. The summed E-state index contributed by atoms with van der Waals surface area (Å²) in [5.41, 5.74) is 12.3. The molecule has 0 aliphatic heterocycles. The van der Waals surface area contributed by atoms with Gasteiger partial charge in [-0.05, 0) is 31.5 Å². The van der Waals surface area contributed by atoms with E-state index in [1.165, 1.54) is 5.56 Å². The number of rotatable bonds is 2. The molecule has 2 aromatic heterocycles. The van der Waals surface area contributed by atoms with Crippen LogP contribution in [0.2, 0.25) is 0 Å². The van der Waals surface area contributed by atoms with Gasteiger partial charge in [-0.2, -0.15) is 0 Å². The van der Waals surface area contributed by atoms with Crippen LogP contribution in [0, 0.1) is 13.8 Å². The van der Waals surface area contributed by atoms with Crippen LogP contribution in [-0.4, -0.2) is 9.38 Å². The molecular formula is C16H17N3. The number of hydrogen-bond acceptors (Lipinski definition) is 2. The number of fused-ring (bicyclic) bond motifs is 1. The lowest BCUT2D eigenvalue weighted by molar-refractivity contribution is 1.04. The molecular weight excluding hydrogens is 234 g/mol. The number of nitrogens with two attached hydrogens (primary N) is 1. The van der Waals surface area contributed by atoms with Crippen molar-refractivity contribution in [3.05, 3.63) is 59.4 Å². The van der Waals surface area contributed by atoms with Crippen LogP contribution in [0.25, 0.3) is 16.9 Å². The van der Waals surface area contributed by atoms with E-state index < -0.39 is 0 Å². The molecule has 0 atom stereocenters. The maximum atomic E-state index is 5.68. The molecule has 0 aliphatic carbocycles. The van der Waals surface area contributed by atoms with E-state index >= 15 is 0 Å². The first-order valence-electron chi connectivity index (χ1n) is 6.44. The molecule has 3 nitrogen and oxygen atoms in total.